The highest BCUT2D eigenvalue weighted by Gasteiger charge is 2.19. The second kappa shape index (κ2) is 9.63. The van der Waals surface area contributed by atoms with Gasteiger partial charge in [0, 0.05) is 17.1 Å². The van der Waals surface area contributed by atoms with Gasteiger partial charge in [-0.3, -0.25) is 4.79 Å². The van der Waals surface area contributed by atoms with Gasteiger partial charge in [-0.25, -0.2) is 0 Å². The van der Waals surface area contributed by atoms with Gasteiger partial charge < -0.3 is 9.88 Å². The Hall–Kier alpha value is -2.05. The summed E-state index contributed by atoms with van der Waals surface area (Å²) in [5.41, 5.74) is 1.19. The molecule has 1 aromatic carbocycles. The largest absolute Gasteiger partial charge is 0.316 e. The summed E-state index contributed by atoms with van der Waals surface area (Å²) < 4.78 is 1.96. The van der Waals surface area contributed by atoms with E-state index in [-0.39, 0.29) is 11.7 Å². The first-order valence-electron chi connectivity index (χ1n) is 8.68. The fourth-order valence-corrected chi connectivity index (χ4v) is 4.58. The van der Waals surface area contributed by atoms with Gasteiger partial charge in [0.25, 0.3) is 0 Å². The van der Waals surface area contributed by atoms with Gasteiger partial charge in [0.2, 0.25) is 5.91 Å². The van der Waals surface area contributed by atoms with Crippen molar-refractivity contribution in [2.45, 2.75) is 25.5 Å². The molecule has 0 bridgehead atoms. The Kier molecular flexibility index (Phi) is 7.19. The van der Waals surface area contributed by atoms with Gasteiger partial charge in [0.05, 0.1) is 16.3 Å². The van der Waals surface area contributed by atoms with Crippen molar-refractivity contribution in [3.05, 3.63) is 45.3 Å². The van der Waals surface area contributed by atoms with Gasteiger partial charge in [-0.1, -0.05) is 48.8 Å². The SMILES string of the molecule is CC(C)Cn1c(SCC(=O)Nc2sccc2C#N)nnc1-c1ccc(Cl)cc1Cl. The first kappa shape index (κ1) is 21.7. The van der Waals surface area contributed by atoms with E-state index in [0.29, 0.717) is 44.1 Å². The lowest BCUT2D eigenvalue weighted by Crippen LogP contribution is -2.15. The third-order valence-electron chi connectivity index (χ3n) is 3.81. The van der Waals surface area contributed by atoms with E-state index in [1.807, 2.05) is 10.6 Å². The van der Waals surface area contributed by atoms with Gasteiger partial charge in [-0.2, -0.15) is 5.26 Å². The van der Waals surface area contributed by atoms with Crippen LogP contribution in [0.25, 0.3) is 11.4 Å². The first-order chi connectivity index (χ1) is 13.9. The molecule has 10 heteroatoms. The Morgan fingerprint density at radius 1 is 1.34 bits per heavy atom. The monoisotopic (exact) mass is 465 g/mol. The minimum absolute atomic E-state index is 0.146. The predicted molar refractivity (Wildman–Crippen MR) is 119 cm³/mol. The number of nitriles is 1. The summed E-state index contributed by atoms with van der Waals surface area (Å²) in [5, 5.41) is 24.4. The van der Waals surface area contributed by atoms with Crippen molar-refractivity contribution < 1.29 is 4.79 Å². The molecule has 2 aromatic heterocycles. The lowest BCUT2D eigenvalue weighted by atomic mass is 10.2. The molecular formula is C19H17Cl2N5OS2. The molecule has 0 saturated heterocycles. The van der Waals surface area contributed by atoms with Gasteiger partial charge in [-0.05, 0) is 35.6 Å². The number of amides is 1. The molecule has 0 aliphatic carbocycles. The van der Waals surface area contributed by atoms with Crippen LogP contribution in [0.1, 0.15) is 19.4 Å². The molecule has 3 rings (SSSR count). The minimum Gasteiger partial charge on any atom is -0.316 e. The molecule has 0 fully saturated rings. The number of nitrogens with one attached hydrogen (secondary N) is 1. The zero-order chi connectivity index (χ0) is 21.0. The zero-order valence-corrected chi connectivity index (χ0v) is 18.8. The van der Waals surface area contributed by atoms with Crippen LogP contribution in [0, 0.1) is 17.2 Å². The summed E-state index contributed by atoms with van der Waals surface area (Å²) in [4.78, 5) is 12.3. The van der Waals surface area contributed by atoms with Gasteiger partial charge >= 0.3 is 0 Å². The summed E-state index contributed by atoms with van der Waals surface area (Å²) in [5.74, 6) is 0.911. The Labute approximate surface area is 186 Å². The molecule has 1 N–H and O–H groups in total. The maximum atomic E-state index is 12.3. The van der Waals surface area contributed by atoms with E-state index in [1.165, 1.54) is 23.1 Å². The topological polar surface area (TPSA) is 83.6 Å². The number of benzene rings is 1. The lowest BCUT2D eigenvalue weighted by Gasteiger charge is -2.13. The van der Waals surface area contributed by atoms with E-state index in [9.17, 15) is 4.79 Å². The molecule has 0 saturated carbocycles. The summed E-state index contributed by atoms with van der Waals surface area (Å²) in [6.07, 6.45) is 0. The minimum atomic E-state index is -0.209. The summed E-state index contributed by atoms with van der Waals surface area (Å²) in [6.45, 7) is 4.86. The number of thiophene rings is 1. The molecule has 0 unspecified atom stereocenters. The van der Waals surface area contributed by atoms with Crippen LogP contribution < -0.4 is 5.32 Å². The highest BCUT2D eigenvalue weighted by molar-refractivity contribution is 7.99. The van der Waals surface area contributed by atoms with Crippen molar-refractivity contribution in [1.29, 1.82) is 5.26 Å². The molecule has 29 heavy (non-hydrogen) atoms. The number of anilines is 1. The van der Waals surface area contributed by atoms with Crippen LogP contribution in [0.15, 0.2) is 34.8 Å². The predicted octanol–water partition coefficient (Wildman–Crippen LogP) is 5.57. The van der Waals surface area contributed by atoms with E-state index >= 15 is 0 Å². The smallest absolute Gasteiger partial charge is 0.235 e. The molecule has 1 amide bonds. The molecule has 0 atom stereocenters. The number of nitrogens with zero attached hydrogens (tertiary/aromatic N) is 4. The van der Waals surface area contributed by atoms with Gasteiger partial charge in [-0.15, -0.1) is 21.5 Å². The van der Waals surface area contributed by atoms with Gasteiger partial charge in [0.1, 0.15) is 11.1 Å². The molecule has 3 aromatic rings. The fraction of sp³-hybridized carbons (Fsp3) is 0.263. The van der Waals surface area contributed by atoms with E-state index in [2.05, 4.69) is 35.4 Å². The average Bonchev–Trinajstić information content (AvgIpc) is 3.26. The van der Waals surface area contributed by atoms with E-state index < -0.39 is 0 Å². The van der Waals surface area contributed by atoms with Crippen molar-refractivity contribution in [1.82, 2.24) is 14.8 Å². The second-order valence-corrected chi connectivity index (χ2v) is 9.25. The number of carbonyl (C=O) groups excluding carboxylic acids is 1. The summed E-state index contributed by atoms with van der Waals surface area (Å²) in [7, 11) is 0. The standard InChI is InChI=1S/C19H17Cl2N5OS2/c1-11(2)9-26-17(14-4-3-13(20)7-15(14)21)24-25-19(26)29-10-16(27)23-18-12(8-22)5-6-28-18/h3-7,11H,9-10H2,1-2H3,(H,23,27). The number of halogens is 2. The van der Waals surface area contributed by atoms with Crippen molar-refractivity contribution in [2.75, 3.05) is 11.1 Å². The molecule has 0 radical (unpaired) electrons. The maximum absolute atomic E-state index is 12.3. The molecule has 2 heterocycles. The molecule has 0 spiro atoms. The molecule has 6 nitrogen and oxygen atoms in total. The Morgan fingerprint density at radius 2 is 2.14 bits per heavy atom. The van der Waals surface area contributed by atoms with Crippen LogP contribution in [0.3, 0.4) is 0 Å². The van der Waals surface area contributed by atoms with Crippen LogP contribution in [0.2, 0.25) is 10.0 Å². The van der Waals surface area contributed by atoms with Crippen LogP contribution in [-0.4, -0.2) is 26.4 Å². The van der Waals surface area contributed by atoms with E-state index in [1.54, 1.807) is 23.6 Å². The van der Waals surface area contributed by atoms with Crippen LogP contribution in [-0.2, 0) is 11.3 Å². The van der Waals surface area contributed by atoms with Crippen molar-refractivity contribution in [3.8, 4) is 17.5 Å². The summed E-state index contributed by atoms with van der Waals surface area (Å²) >= 11 is 15.0. The third-order valence-corrected chi connectivity index (χ3v) is 6.15. The molecular weight excluding hydrogens is 449 g/mol. The molecule has 150 valence electrons. The lowest BCUT2D eigenvalue weighted by molar-refractivity contribution is -0.113. The van der Waals surface area contributed by atoms with E-state index in [4.69, 9.17) is 28.5 Å². The number of hydrogen-bond acceptors (Lipinski definition) is 6. The molecule has 0 aliphatic rings. The van der Waals surface area contributed by atoms with Crippen LogP contribution >= 0.6 is 46.3 Å². The number of carbonyl (C=O) groups is 1. The van der Waals surface area contributed by atoms with Crippen LogP contribution in [0.5, 0.6) is 0 Å². The van der Waals surface area contributed by atoms with E-state index in [0.717, 1.165) is 5.56 Å². The number of thioether (sulfide) groups is 1. The quantitative estimate of drug-likeness (QED) is 0.460. The fourth-order valence-electron chi connectivity index (χ4n) is 2.58. The first-order valence-corrected chi connectivity index (χ1v) is 11.3. The van der Waals surface area contributed by atoms with Crippen molar-refractivity contribution in [2.24, 2.45) is 5.92 Å². The second-order valence-electron chi connectivity index (χ2n) is 6.55. The Bertz CT molecular complexity index is 1070. The highest BCUT2D eigenvalue weighted by Crippen LogP contribution is 2.32. The Balaban J connectivity index is 1.79. The van der Waals surface area contributed by atoms with Gasteiger partial charge in [0.15, 0.2) is 11.0 Å². The Morgan fingerprint density at radius 3 is 2.83 bits per heavy atom. The number of aromatic nitrogens is 3. The van der Waals surface area contributed by atoms with Crippen molar-refractivity contribution in [3.63, 3.8) is 0 Å². The maximum Gasteiger partial charge on any atom is 0.235 e. The highest BCUT2D eigenvalue weighted by atomic mass is 35.5. The average molecular weight is 466 g/mol. The zero-order valence-electron chi connectivity index (χ0n) is 15.6. The molecule has 0 aliphatic heterocycles. The number of rotatable bonds is 7. The third kappa shape index (κ3) is 5.31. The normalized spacial score (nSPS) is 10.9. The summed E-state index contributed by atoms with van der Waals surface area (Å²) in [6, 6.07) is 8.97. The van der Waals surface area contributed by atoms with Crippen LogP contribution in [0.4, 0.5) is 5.00 Å². The number of hydrogen-bond donors (Lipinski definition) is 1. The van der Waals surface area contributed by atoms with Crippen molar-refractivity contribution >= 4 is 57.2 Å².